The molecule has 1 amide bonds. The molecule has 0 bridgehead atoms. The van der Waals surface area contributed by atoms with Crippen molar-refractivity contribution in [1.29, 1.82) is 0 Å². The van der Waals surface area contributed by atoms with E-state index in [0.29, 0.717) is 25.8 Å². The van der Waals surface area contributed by atoms with Crippen LogP contribution in [0.25, 0.3) is 11.1 Å². The molecule has 0 unspecified atom stereocenters. The van der Waals surface area contributed by atoms with Gasteiger partial charge < -0.3 is 14.8 Å². The van der Waals surface area contributed by atoms with Crippen LogP contribution in [-0.2, 0) is 9.53 Å². The molecule has 0 aliphatic carbocycles. The average molecular weight is 523 g/mol. The molecule has 0 aliphatic heterocycles. The van der Waals surface area contributed by atoms with Crippen LogP contribution in [0.3, 0.4) is 0 Å². The summed E-state index contributed by atoms with van der Waals surface area (Å²) in [4.78, 5) is 25.3. The van der Waals surface area contributed by atoms with Crippen LogP contribution in [0.1, 0.15) is 28.4 Å². The molecule has 162 valence electrons. The van der Waals surface area contributed by atoms with E-state index >= 15 is 0 Å². The smallest absolute Gasteiger partial charge is 0.341 e. The first-order valence-corrected chi connectivity index (χ1v) is 11.6. The fourth-order valence-electron chi connectivity index (χ4n) is 3.07. The third-order valence-electron chi connectivity index (χ3n) is 4.45. The van der Waals surface area contributed by atoms with E-state index in [9.17, 15) is 9.59 Å². The number of carbonyl (C=O) groups excluding carboxylic acids is 2. The highest BCUT2D eigenvalue weighted by atomic mass is 79.9. The van der Waals surface area contributed by atoms with E-state index in [1.807, 2.05) is 31.4 Å². The number of benzene rings is 2. The van der Waals surface area contributed by atoms with Crippen molar-refractivity contribution < 1.29 is 19.1 Å². The van der Waals surface area contributed by atoms with Crippen LogP contribution in [0.5, 0.6) is 5.75 Å². The molecule has 1 heterocycles. The van der Waals surface area contributed by atoms with Gasteiger partial charge in [0.2, 0.25) is 0 Å². The number of nitrogens with one attached hydrogen (secondary N) is 1. The quantitative estimate of drug-likeness (QED) is 0.353. The summed E-state index contributed by atoms with van der Waals surface area (Å²) in [5.74, 6) is -0.371. The van der Waals surface area contributed by atoms with Crippen molar-refractivity contribution in [2.24, 2.45) is 0 Å². The molecular weight excluding hydrogens is 502 g/mol. The Morgan fingerprint density at radius 1 is 1.13 bits per heavy atom. The number of halogens is 2. The third kappa shape index (κ3) is 5.67. The van der Waals surface area contributed by atoms with Crippen molar-refractivity contribution in [1.82, 2.24) is 0 Å². The van der Waals surface area contributed by atoms with E-state index in [1.165, 1.54) is 11.3 Å². The molecule has 0 fully saturated rings. The highest BCUT2D eigenvalue weighted by molar-refractivity contribution is 9.10. The van der Waals surface area contributed by atoms with Gasteiger partial charge in [-0.3, -0.25) is 4.79 Å². The molecule has 8 heteroatoms. The van der Waals surface area contributed by atoms with Gasteiger partial charge in [-0.1, -0.05) is 35.4 Å². The Morgan fingerprint density at radius 3 is 2.58 bits per heavy atom. The van der Waals surface area contributed by atoms with Gasteiger partial charge in [-0.25, -0.2) is 4.79 Å². The topological polar surface area (TPSA) is 64.6 Å². The van der Waals surface area contributed by atoms with E-state index in [1.54, 1.807) is 25.1 Å². The van der Waals surface area contributed by atoms with E-state index < -0.39 is 5.97 Å². The Labute approximate surface area is 198 Å². The molecule has 3 rings (SSSR count). The second-order valence-electron chi connectivity index (χ2n) is 6.80. The first-order chi connectivity index (χ1) is 14.8. The summed E-state index contributed by atoms with van der Waals surface area (Å²) in [6.45, 7) is 5.77. The van der Waals surface area contributed by atoms with Crippen molar-refractivity contribution in [3.63, 3.8) is 0 Å². The number of thiophene rings is 1. The van der Waals surface area contributed by atoms with Crippen molar-refractivity contribution >= 4 is 55.7 Å². The van der Waals surface area contributed by atoms with Crippen LogP contribution in [0.15, 0.2) is 46.3 Å². The van der Waals surface area contributed by atoms with Gasteiger partial charge >= 0.3 is 5.97 Å². The van der Waals surface area contributed by atoms with Crippen LogP contribution in [0.2, 0.25) is 5.02 Å². The maximum atomic E-state index is 12.7. The summed E-state index contributed by atoms with van der Waals surface area (Å²) in [5, 5.41) is 5.63. The molecule has 2 aromatic carbocycles. The molecule has 1 aromatic heterocycles. The first-order valence-electron chi connectivity index (χ1n) is 9.54. The number of ether oxygens (including phenoxy) is 2. The second-order valence-corrected chi connectivity index (χ2v) is 8.97. The number of hydrogen-bond donors (Lipinski definition) is 1. The molecule has 0 saturated carbocycles. The van der Waals surface area contributed by atoms with Crippen molar-refractivity contribution in [2.45, 2.75) is 20.8 Å². The Kier molecular flexibility index (Phi) is 7.75. The van der Waals surface area contributed by atoms with Gasteiger partial charge in [-0.05, 0) is 66.0 Å². The van der Waals surface area contributed by atoms with Crippen molar-refractivity contribution in [3.8, 4) is 16.9 Å². The van der Waals surface area contributed by atoms with Crippen LogP contribution >= 0.6 is 38.9 Å². The number of amides is 1. The Balaban J connectivity index is 1.84. The fourth-order valence-corrected chi connectivity index (χ4v) is 4.83. The van der Waals surface area contributed by atoms with Crippen LogP contribution in [-0.4, -0.2) is 25.1 Å². The molecule has 0 aliphatic rings. The maximum absolute atomic E-state index is 12.7. The molecule has 31 heavy (non-hydrogen) atoms. The maximum Gasteiger partial charge on any atom is 0.341 e. The summed E-state index contributed by atoms with van der Waals surface area (Å²) >= 11 is 10.6. The number of hydrogen-bond acceptors (Lipinski definition) is 5. The molecule has 1 N–H and O–H groups in total. The average Bonchev–Trinajstić information content (AvgIpc) is 3.10. The molecule has 0 spiro atoms. The lowest BCUT2D eigenvalue weighted by atomic mass is 9.97. The zero-order valence-electron chi connectivity index (χ0n) is 17.3. The standard InChI is InChI=1S/C23H21BrClNO4S/c1-4-29-23(28)21-17(16-7-5-13(2)9-14(16)3)12-31-22(21)26-20(27)11-30-19-8-6-15(25)10-18(19)24/h5-10,12H,4,11H2,1-3H3,(H,26,27). The number of anilines is 1. The van der Waals surface area contributed by atoms with Gasteiger partial charge in [0.25, 0.3) is 5.91 Å². The van der Waals surface area contributed by atoms with E-state index in [-0.39, 0.29) is 19.1 Å². The SMILES string of the molecule is CCOC(=O)c1c(-c2ccc(C)cc2C)csc1NC(=O)COc1ccc(Cl)cc1Br. The van der Waals surface area contributed by atoms with Gasteiger partial charge in [0.05, 0.1) is 11.1 Å². The van der Waals surface area contributed by atoms with E-state index in [4.69, 9.17) is 21.1 Å². The minimum Gasteiger partial charge on any atom is -0.483 e. The minimum atomic E-state index is -0.476. The summed E-state index contributed by atoms with van der Waals surface area (Å²) < 4.78 is 11.5. The Hall–Kier alpha value is -2.35. The number of aryl methyl sites for hydroxylation is 2. The lowest BCUT2D eigenvalue weighted by Gasteiger charge is -2.11. The minimum absolute atomic E-state index is 0.223. The molecule has 0 radical (unpaired) electrons. The largest absolute Gasteiger partial charge is 0.483 e. The monoisotopic (exact) mass is 521 g/mol. The van der Waals surface area contributed by atoms with E-state index in [0.717, 1.165) is 22.3 Å². The Bertz CT molecular complexity index is 1130. The van der Waals surface area contributed by atoms with Crippen molar-refractivity contribution in [3.05, 3.63) is 68.0 Å². The molecule has 0 atom stereocenters. The number of esters is 1. The summed E-state index contributed by atoms with van der Waals surface area (Å²) in [5.41, 5.74) is 4.18. The normalized spacial score (nSPS) is 10.6. The molecule has 3 aromatic rings. The van der Waals surface area contributed by atoms with E-state index in [2.05, 4.69) is 27.3 Å². The fraction of sp³-hybridized carbons (Fsp3) is 0.217. The van der Waals surface area contributed by atoms with Gasteiger partial charge in [-0.15, -0.1) is 11.3 Å². The summed E-state index contributed by atoms with van der Waals surface area (Å²) in [6.07, 6.45) is 0. The predicted octanol–water partition coefficient (Wildman–Crippen LogP) is 6.64. The summed E-state index contributed by atoms with van der Waals surface area (Å²) in [7, 11) is 0. The number of rotatable bonds is 7. The van der Waals surface area contributed by atoms with Crippen molar-refractivity contribution in [2.75, 3.05) is 18.5 Å². The molecule has 0 saturated heterocycles. The lowest BCUT2D eigenvalue weighted by Crippen LogP contribution is -2.21. The Morgan fingerprint density at radius 2 is 1.90 bits per heavy atom. The highest BCUT2D eigenvalue weighted by Crippen LogP contribution is 2.38. The zero-order chi connectivity index (χ0) is 22.5. The lowest BCUT2D eigenvalue weighted by molar-refractivity contribution is -0.118. The zero-order valence-corrected chi connectivity index (χ0v) is 20.4. The predicted molar refractivity (Wildman–Crippen MR) is 128 cm³/mol. The van der Waals surface area contributed by atoms with Gasteiger partial charge in [0.1, 0.15) is 16.3 Å². The van der Waals surface area contributed by atoms with Crippen LogP contribution in [0, 0.1) is 13.8 Å². The van der Waals surface area contributed by atoms with Gasteiger partial charge in [0.15, 0.2) is 6.61 Å². The van der Waals surface area contributed by atoms with Gasteiger partial charge in [0, 0.05) is 16.0 Å². The number of carbonyl (C=O) groups is 2. The highest BCUT2D eigenvalue weighted by Gasteiger charge is 2.23. The molecule has 5 nitrogen and oxygen atoms in total. The molecular formula is C23H21BrClNO4S. The second kappa shape index (κ2) is 10.3. The summed E-state index contributed by atoms with van der Waals surface area (Å²) in [6, 6.07) is 11.1. The van der Waals surface area contributed by atoms with Crippen LogP contribution < -0.4 is 10.1 Å². The first kappa shape index (κ1) is 23.3. The van der Waals surface area contributed by atoms with Gasteiger partial charge in [-0.2, -0.15) is 0 Å². The van der Waals surface area contributed by atoms with Crippen LogP contribution in [0.4, 0.5) is 5.00 Å². The third-order valence-corrected chi connectivity index (χ3v) is 6.20.